The molecule has 116 valence electrons. The van der Waals surface area contributed by atoms with Gasteiger partial charge in [-0.2, -0.15) is 0 Å². The van der Waals surface area contributed by atoms with E-state index in [4.69, 9.17) is 4.74 Å². The van der Waals surface area contributed by atoms with Crippen molar-refractivity contribution >= 4 is 5.97 Å². The third-order valence-corrected chi connectivity index (χ3v) is 5.45. The van der Waals surface area contributed by atoms with Gasteiger partial charge < -0.3 is 10.1 Å². The minimum absolute atomic E-state index is 0.139. The lowest BCUT2D eigenvalue weighted by Gasteiger charge is -2.44. The van der Waals surface area contributed by atoms with Crippen molar-refractivity contribution in [3.05, 3.63) is 0 Å². The van der Waals surface area contributed by atoms with Crippen molar-refractivity contribution in [1.29, 1.82) is 0 Å². The molecule has 0 amide bonds. The molecular formula is C17H31NO2. The lowest BCUT2D eigenvalue weighted by Crippen LogP contribution is -2.55. The molecule has 2 aliphatic carbocycles. The fourth-order valence-electron chi connectivity index (χ4n) is 4.43. The Labute approximate surface area is 123 Å². The van der Waals surface area contributed by atoms with Gasteiger partial charge in [0.15, 0.2) is 0 Å². The van der Waals surface area contributed by atoms with Gasteiger partial charge in [-0.15, -0.1) is 0 Å². The first-order valence-corrected chi connectivity index (χ1v) is 7.95. The summed E-state index contributed by atoms with van der Waals surface area (Å²) < 4.78 is 5.49. The minimum atomic E-state index is -0.416. The zero-order valence-corrected chi connectivity index (χ0v) is 14.2. The van der Waals surface area contributed by atoms with Crippen LogP contribution in [0.25, 0.3) is 0 Å². The van der Waals surface area contributed by atoms with E-state index < -0.39 is 5.60 Å². The number of nitrogens with one attached hydrogen (secondary N) is 1. The molecule has 4 unspecified atom stereocenters. The molecule has 3 heteroatoms. The third kappa shape index (κ3) is 2.74. The maximum absolute atomic E-state index is 12.2. The van der Waals surface area contributed by atoms with Crippen molar-refractivity contribution in [2.75, 3.05) is 0 Å². The van der Waals surface area contributed by atoms with Crippen molar-refractivity contribution in [2.24, 2.45) is 16.7 Å². The normalized spacial score (nSPS) is 37.0. The van der Waals surface area contributed by atoms with Gasteiger partial charge in [-0.25, -0.2) is 0 Å². The van der Waals surface area contributed by atoms with Crippen LogP contribution in [0.5, 0.6) is 0 Å². The summed E-state index contributed by atoms with van der Waals surface area (Å²) >= 11 is 0. The number of carbonyl (C=O) groups is 1. The summed E-state index contributed by atoms with van der Waals surface area (Å²) in [5, 5.41) is 3.59. The first kappa shape index (κ1) is 15.8. The molecule has 2 saturated carbocycles. The second-order valence-electron chi connectivity index (χ2n) is 8.77. The fraction of sp³-hybridized carbons (Fsp3) is 0.941. The number of ether oxygens (including phenoxy) is 1. The van der Waals surface area contributed by atoms with Crippen LogP contribution in [0.4, 0.5) is 0 Å². The number of carbonyl (C=O) groups excluding carboxylic acids is 1. The third-order valence-electron chi connectivity index (χ3n) is 5.45. The molecule has 0 heterocycles. The highest BCUT2D eigenvalue weighted by atomic mass is 16.6. The van der Waals surface area contributed by atoms with E-state index in [9.17, 15) is 4.79 Å². The highest BCUT2D eigenvalue weighted by molar-refractivity contribution is 5.75. The lowest BCUT2D eigenvalue weighted by molar-refractivity contribution is -0.157. The Kier molecular flexibility index (Phi) is 3.73. The molecular weight excluding hydrogens is 250 g/mol. The molecule has 0 aromatic rings. The van der Waals surface area contributed by atoms with Crippen molar-refractivity contribution in [1.82, 2.24) is 5.32 Å². The largest absolute Gasteiger partial charge is 0.459 e. The molecule has 2 fully saturated rings. The van der Waals surface area contributed by atoms with Gasteiger partial charge >= 0.3 is 5.97 Å². The molecule has 0 saturated heterocycles. The average Bonchev–Trinajstić information content (AvgIpc) is 2.73. The van der Waals surface area contributed by atoms with Gasteiger partial charge in [-0.3, -0.25) is 4.79 Å². The van der Waals surface area contributed by atoms with Crippen LogP contribution in [0.3, 0.4) is 0 Å². The average molecular weight is 281 g/mol. The topological polar surface area (TPSA) is 38.3 Å². The summed E-state index contributed by atoms with van der Waals surface area (Å²) in [6, 6.07) is 0.158. The molecule has 20 heavy (non-hydrogen) atoms. The smallest absolute Gasteiger partial charge is 0.323 e. The summed E-state index contributed by atoms with van der Waals surface area (Å²) in [4.78, 5) is 12.2. The van der Waals surface area contributed by atoms with Crippen LogP contribution in [0.1, 0.15) is 67.7 Å². The Morgan fingerprint density at radius 2 is 1.90 bits per heavy atom. The molecule has 3 nitrogen and oxygen atoms in total. The number of hydrogen-bond acceptors (Lipinski definition) is 3. The van der Waals surface area contributed by atoms with E-state index in [1.807, 2.05) is 27.7 Å². The van der Waals surface area contributed by atoms with Crippen LogP contribution in [0.15, 0.2) is 0 Å². The molecule has 0 spiro atoms. The molecule has 0 aromatic heterocycles. The quantitative estimate of drug-likeness (QED) is 0.804. The summed E-state index contributed by atoms with van der Waals surface area (Å²) in [7, 11) is 0. The highest BCUT2D eigenvalue weighted by Crippen LogP contribution is 2.62. The summed E-state index contributed by atoms with van der Waals surface area (Å²) in [6.07, 6.45) is 3.90. The molecule has 4 atom stereocenters. The van der Waals surface area contributed by atoms with Gasteiger partial charge in [0.25, 0.3) is 0 Å². The molecule has 0 aromatic carbocycles. The maximum Gasteiger partial charge on any atom is 0.323 e. The summed E-state index contributed by atoms with van der Waals surface area (Å²) in [5.41, 5.74) is 0.189. The molecule has 1 N–H and O–H groups in total. The van der Waals surface area contributed by atoms with Crippen molar-refractivity contribution in [3.8, 4) is 0 Å². The van der Waals surface area contributed by atoms with E-state index in [1.165, 1.54) is 19.3 Å². The lowest BCUT2D eigenvalue weighted by atomic mass is 9.68. The van der Waals surface area contributed by atoms with Gasteiger partial charge in [0.1, 0.15) is 11.6 Å². The van der Waals surface area contributed by atoms with E-state index in [1.54, 1.807) is 0 Å². The first-order valence-electron chi connectivity index (χ1n) is 7.95. The Hall–Kier alpha value is -0.570. The Morgan fingerprint density at radius 1 is 1.30 bits per heavy atom. The summed E-state index contributed by atoms with van der Waals surface area (Å²) in [6.45, 7) is 14.8. The zero-order chi connectivity index (χ0) is 15.3. The van der Waals surface area contributed by atoms with Gasteiger partial charge in [-0.1, -0.05) is 20.8 Å². The Morgan fingerprint density at radius 3 is 2.35 bits per heavy atom. The second-order valence-corrected chi connectivity index (χ2v) is 8.77. The van der Waals surface area contributed by atoms with Crippen molar-refractivity contribution < 1.29 is 9.53 Å². The van der Waals surface area contributed by atoms with Crippen LogP contribution in [0.2, 0.25) is 0 Å². The van der Waals surface area contributed by atoms with E-state index in [-0.39, 0.29) is 17.4 Å². The SMILES string of the molecule is CC(NC1C2(C)CCC(C2)C1(C)C)C(=O)OC(C)(C)C. The second kappa shape index (κ2) is 4.72. The minimum Gasteiger partial charge on any atom is -0.459 e. The number of rotatable bonds is 3. The van der Waals surface area contributed by atoms with Crippen LogP contribution < -0.4 is 5.32 Å². The van der Waals surface area contributed by atoms with Crippen LogP contribution in [-0.4, -0.2) is 23.7 Å². The van der Waals surface area contributed by atoms with E-state index in [0.717, 1.165) is 5.92 Å². The molecule has 2 rings (SSSR count). The monoisotopic (exact) mass is 281 g/mol. The molecule has 2 bridgehead atoms. The molecule has 0 radical (unpaired) electrons. The van der Waals surface area contributed by atoms with Crippen LogP contribution >= 0.6 is 0 Å². The Bertz CT molecular complexity index is 392. The molecule has 2 aliphatic rings. The van der Waals surface area contributed by atoms with Crippen LogP contribution in [0, 0.1) is 16.7 Å². The number of hydrogen-bond donors (Lipinski definition) is 1. The predicted octanol–water partition coefficient (Wildman–Crippen LogP) is 3.52. The number of fused-ring (bicyclic) bond motifs is 2. The Balaban J connectivity index is 2.04. The van der Waals surface area contributed by atoms with Crippen LogP contribution in [-0.2, 0) is 9.53 Å². The van der Waals surface area contributed by atoms with Crippen molar-refractivity contribution in [2.45, 2.75) is 85.4 Å². The van der Waals surface area contributed by atoms with Crippen molar-refractivity contribution in [3.63, 3.8) is 0 Å². The van der Waals surface area contributed by atoms with Gasteiger partial charge in [0.2, 0.25) is 0 Å². The van der Waals surface area contributed by atoms with Gasteiger partial charge in [-0.05, 0) is 63.7 Å². The fourth-order valence-corrected chi connectivity index (χ4v) is 4.43. The van der Waals surface area contributed by atoms with E-state index in [0.29, 0.717) is 11.5 Å². The van der Waals surface area contributed by atoms with Gasteiger partial charge in [0, 0.05) is 6.04 Å². The highest BCUT2D eigenvalue weighted by Gasteiger charge is 2.59. The zero-order valence-electron chi connectivity index (χ0n) is 14.2. The first-order chi connectivity index (χ1) is 8.96. The summed E-state index contributed by atoms with van der Waals surface area (Å²) in [5.74, 6) is 0.649. The van der Waals surface area contributed by atoms with E-state index in [2.05, 4.69) is 26.1 Å². The molecule has 0 aliphatic heterocycles. The maximum atomic E-state index is 12.2. The van der Waals surface area contributed by atoms with E-state index >= 15 is 0 Å². The van der Waals surface area contributed by atoms with Gasteiger partial charge in [0.05, 0.1) is 0 Å². The number of esters is 1. The predicted molar refractivity (Wildman–Crippen MR) is 81.5 cm³/mol. The standard InChI is InChI=1S/C17H31NO2/c1-11(13(19)20-15(2,3)4)18-14-16(5,6)12-8-9-17(14,7)10-12/h11-12,14,18H,8-10H2,1-7H3.